The van der Waals surface area contributed by atoms with Crippen molar-refractivity contribution in [1.29, 1.82) is 0 Å². The number of ether oxygens (including phenoxy) is 1. The number of aromatic nitrogens is 2. The summed E-state index contributed by atoms with van der Waals surface area (Å²) in [6.07, 6.45) is 0. The number of hydrogen-bond donors (Lipinski definition) is 2. The van der Waals surface area contributed by atoms with Crippen molar-refractivity contribution in [3.05, 3.63) is 48.2 Å². The van der Waals surface area contributed by atoms with Gasteiger partial charge in [0.1, 0.15) is 18.1 Å². The Morgan fingerprint density at radius 2 is 2.00 bits per heavy atom. The van der Waals surface area contributed by atoms with Crippen LogP contribution in [0, 0.1) is 0 Å². The first-order chi connectivity index (χ1) is 9.36. The number of rotatable bonds is 4. The molecule has 3 rings (SSSR count). The highest BCUT2D eigenvalue weighted by atomic mass is 32.1. The molecule has 0 bridgehead atoms. The molecule has 0 aliphatic rings. The number of anilines is 1. The van der Waals surface area contributed by atoms with Crippen LogP contribution in [0.1, 0.15) is 5.69 Å². The van der Waals surface area contributed by atoms with Gasteiger partial charge in [-0.15, -0.1) is 5.10 Å². The average molecular weight is 272 g/mol. The second-order valence-corrected chi connectivity index (χ2v) is 4.74. The fourth-order valence-electron chi connectivity index (χ4n) is 1.82. The van der Waals surface area contributed by atoms with E-state index in [2.05, 4.69) is 27.1 Å². The van der Waals surface area contributed by atoms with E-state index in [0.29, 0.717) is 12.3 Å². The van der Waals surface area contributed by atoms with Gasteiger partial charge in [-0.25, -0.2) is 5.84 Å². The molecular weight excluding hydrogens is 260 g/mol. The standard InChI is InChI=1S/C13H12N4OS/c14-15-13-12(16-17-19-13)8-18-11-6-5-9-3-1-2-4-10(9)7-11/h1-7,15H,8,14H2. The predicted octanol–water partition coefficient (Wildman–Crippen LogP) is 2.56. The highest BCUT2D eigenvalue weighted by Crippen LogP contribution is 2.23. The highest BCUT2D eigenvalue weighted by Gasteiger charge is 2.07. The third-order valence-corrected chi connectivity index (χ3v) is 3.48. The summed E-state index contributed by atoms with van der Waals surface area (Å²) >= 11 is 1.21. The van der Waals surface area contributed by atoms with Gasteiger partial charge in [0, 0.05) is 11.5 Å². The Morgan fingerprint density at radius 3 is 2.84 bits per heavy atom. The first-order valence-electron chi connectivity index (χ1n) is 5.76. The predicted molar refractivity (Wildman–Crippen MR) is 76.0 cm³/mol. The number of hydrazine groups is 1. The molecule has 5 nitrogen and oxygen atoms in total. The maximum atomic E-state index is 5.71. The van der Waals surface area contributed by atoms with Crippen molar-refractivity contribution in [2.75, 3.05) is 5.43 Å². The third kappa shape index (κ3) is 2.49. The van der Waals surface area contributed by atoms with Gasteiger partial charge in [0.15, 0.2) is 5.00 Å². The van der Waals surface area contributed by atoms with Gasteiger partial charge in [-0.1, -0.05) is 34.8 Å². The molecule has 0 saturated heterocycles. The molecule has 3 aromatic rings. The molecule has 0 amide bonds. The molecule has 0 unspecified atom stereocenters. The maximum absolute atomic E-state index is 5.71. The number of nitrogens with zero attached hydrogens (tertiary/aromatic N) is 2. The van der Waals surface area contributed by atoms with E-state index >= 15 is 0 Å². The van der Waals surface area contributed by atoms with Gasteiger partial charge in [-0.3, -0.25) is 0 Å². The molecule has 19 heavy (non-hydrogen) atoms. The van der Waals surface area contributed by atoms with Crippen molar-refractivity contribution in [2.45, 2.75) is 6.61 Å². The largest absolute Gasteiger partial charge is 0.487 e. The molecule has 6 heteroatoms. The molecule has 1 heterocycles. The molecule has 0 radical (unpaired) electrons. The smallest absolute Gasteiger partial charge is 0.150 e. The fourth-order valence-corrected chi connectivity index (χ4v) is 2.30. The van der Waals surface area contributed by atoms with Crippen molar-refractivity contribution in [3.63, 3.8) is 0 Å². The molecule has 1 aromatic heterocycles. The number of fused-ring (bicyclic) bond motifs is 1. The fraction of sp³-hybridized carbons (Fsp3) is 0.0769. The summed E-state index contributed by atoms with van der Waals surface area (Å²) < 4.78 is 9.53. The van der Waals surface area contributed by atoms with Crippen molar-refractivity contribution >= 4 is 27.3 Å². The second kappa shape index (κ2) is 5.21. The van der Waals surface area contributed by atoms with Gasteiger partial charge in [0.2, 0.25) is 0 Å². The maximum Gasteiger partial charge on any atom is 0.150 e. The summed E-state index contributed by atoms with van der Waals surface area (Å²) in [7, 11) is 0. The van der Waals surface area contributed by atoms with Gasteiger partial charge in [0.25, 0.3) is 0 Å². The first kappa shape index (κ1) is 11.9. The van der Waals surface area contributed by atoms with Gasteiger partial charge in [-0.2, -0.15) is 0 Å². The van der Waals surface area contributed by atoms with Crippen LogP contribution in [0.4, 0.5) is 5.00 Å². The zero-order chi connectivity index (χ0) is 13.1. The summed E-state index contributed by atoms with van der Waals surface area (Å²) in [6.45, 7) is 0.342. The van der Waals surface area contributed by atoms with E-state index < -0.39 is 0 Å². The van der Waals surface area contributed by atoms with Crippen LogP contribution < -0.4 is 16.0 Å². The lowest BCUT2D eigenvalue weighted by Crippen LogP contribution is -2.08. The van der Waals surface area contributed by atoms with E-state index in [1.165, 1.54) is 16.9 Å². The molecule has 3 N–H and O–H groups in total. The van der Waals surface area contributed by atoms with Crippen LogP contribution in [0.15, 0.2) is 42.5 Å². The van der Waals surface area contributed by atoms with Gasteiger partial charge >= 0.3 is 0 Å². The second-order valence-electron chi connectivity index (χ2n) is 3.99. The Balaban J connectivity index is 1.78. The Labute approximate surface area is 114 Å². The van der Waals surface area contributed by atoms with Crippen LogP contribution >= 0.6 is 11.5 Å². The van der Waals surface area contributed by atoms with Crippen molar-refractivity contribution < 1.29 is 4.74 Å². The molecular formula is C13H12N4OS. The SMILES string of the molecule is NNc1snnc1COc1ccc2ccccc2c1. The Bertz CT molecular complexity index is 698. The summed E-state index contributed by atoms with van der Waals surface area (Å²) in [6, 6.07) is 14.1. The minimum atomic E-state index is 0.342. The number of hydrogen-bond acceptors (Lipinski definition) is 6. The molecule has 96 valence electrons. The zero-order valence-electron chi connectivity index (χ0n) is 10.0. The lowest BCUT2D eigenvalue weighted by atomic mass is 10.1. The van der Waals surface area contributed by atoms with Crippen molar-refractivity contribution in [2.24, 2.45) is 5.84 Å². The van der Waals surface area contributed by atoms with E-state index in [9.17, 15) is 0 Å². The Morgan fingerprint density at radius 1 is 1.16 bits per heavy atom. The van der Waals surface area contributed by atoms with Crippen LogP contribution in [-0.2, 0) is 6.61 Å². The van der Waals surface area contributed by atoms with Crippen molar-refractivity contribution in [1.82, 2.24) is 9.59 Å². The molecule has 2 aromatic carbocycles. The van der Waals surface area contributed by atoms with Gasteiger partial charge < -0.3 is 10.2 Å². The number of nitrogen functional groups attached to an aromatic ring is 1. The lowest BCUT2D eigenvalue weighted by Gasteiger charge is -2.06. The average Bonchev–Trinajstić information content (AvgIpc) is 2.92. The summed E-state index contributed by atoms with van der Waals surface area (Å²) in [5.74, 6) is 6.16. The van der Waals surface area contributed by atoms with E-state index in [0.717, 1.165) is 16.1 Å². The number of benzene rings is 2. The van der Waals surface area contributed by atoms with Crippen molar-refractivity contribution in [3.8, 4) is 5.75 Å². The summed E-state index contributed by atoms with van der Waals surface area (Å²) in [4.78, 5) is 0. The summed E-state index contributed by atoms with van der Waals surface area (Å²) in [5.41, 5.74) is 3.26. The Hall–Kier alpha value is -2.18. The molecule has 0 fully saturated rings. The quantitative estimate of drug-likeness (QED) is 0.564. The number of nitrogens with one attached hydrogen (secondary N) is 1. The Kier molecular flexibility index (Phi) is 3.26. The topological polar surface area (TPSA) is 73.1 Å². The first-order valence-corrected chi connectivity index (χ1v) is 6.53. The monoisotopic (exact) mass is 272 g/mol. The van der Waals surface area contributed by atoms with Crippen LogP contribution in [0.25, 0.3) is 10.8 Å². The molecule has 0 spiro atoms. The van der Waals surface area contributed by atoms with E-state index in [1.54, 1.807) is 0 Å². The zero-order valence-corrected chi connectivity index (χ0v) is 10.9. The lowest BCUT2D eigenvalue weighted by molar-refractivity contribution is 0.302. The van der Waals surface area contributed by atoms with Crippen LogP contribution in [0.2, 0.25) is 0 Å². The molecule has 0 saturated carbocycles. The van der Waals surface area contributed by atoms with E-state index in [4.69, 9.17) is 10.6 Å². The highest BCUT2D eigenvalue weighted by molar-refractivity contribution is 7.10. The van der Waals surface area contributed by atoms with E-state index in [1.807, 2.05) is 30.3 Å². The minimum Gasteiger partial charge on any atom is -0.487 e. The van der Waals surface area contributed by atoms with Gasteiger partial charge in [-0.05, 0) is 22.9 Å². The summed E-state index contributed by atoms with van der Waals surface area (Å²) in [5, 5.41) is 7.02. The molecule has 0 atom stereocenters. The van der Waals surface area contributed by atoms with Crippen LogP contribution in [-0.4, -0.2) is 9.59 Å². The number of nitrogens with two attached hydrogens (primary N) is 1. The molecule has 0 aliphatic carbocycles. The van der Waals surface area contributed by atoms with Gasteiger partial charge in [0.05, 0.1) is 0 Å². The normalized spacial score (nSPS) is 10.6. The molecule has 0 aliphatic heterocycles. The third-order valence-electron chi connectivity index (χ3n) is 2.78. The van der Waals surface area contributed by atoms with E-state index in [-0.39, 0.29) is 0 Å². The van der Waals surface area contributed by atoms with Crippen LogP contribution in [0.3, 0.4) is 0 Å². The minimum absolute atomic E-state index is 0.342. The van der Waals surface area contributed by atoms with Crippen LogP contribution in [0.5, 0.6) is 5.75 Å².